The summed E-state index contributed by atoms with van der Waals surface area (Å²) in [5, 5.41) is 0. The van der Waals surface area contributed by atoms with E-state index in [9.17, 15) is 9.59 Å². The number of Topliss-reactive ketones (excluding diaryl/α,β-unsaturated/α-hetero) is 1. The van der Waals surface area contributed by atoms with Gasteiger partial charge in [-0.15, -0.1) is 0 Å². The maximum Gasteiger partial charge on any atom is 0.316 e. The van der Waals surface area contributed by atoms with Crippen molar-refractivity contribution < 1.29 is 19.1 Å². The maximum absolute atomic E-state index is 12.0. The molecule has 0 aliphatic rings. The van der Waals surface area contributed by atoms with Gasteiger partial charge in [-0.2, -0.15) is 0 Å². The van der Waals surface area contributed by atoms with Crippen molar-refractivity contribution in [2.45, 2.75) is 46.6 Å². The van der Waals surface area contributed by atoms with Gasteiger partial charge in [0.2, 0.25) is 0 Å². The Hall–Kier alpha value is -0.900. The molecule has 0 N–H and O–H groups in total. The number of ketones is 1. The molecular formula is C12H22O4. The SMILES string of the molecule is CCOC(=O)C(CC)C(=O)C(CC)OCC. The molecule has 0 radical (unpaired) electrons. The Labute approximate surface area is 97.3 Å². The quantitative estimate of drug-likeness (QED) is 0.472. The Balaban J connectivity index is 4.55. The zero-order chi connectivity index (χ0) is 12.6. The van der Waals surface area contributed by atoms with Gasteiger partial charge < -0.3 is 9.47 Å². The lowest BCUT2D eigenvalue weighted by Crippen LogP contribution is -2.35. The van der Waals surface area contributed by atoms with Crippen molar-refractivity contribution >= 4 is 11.8 Å². The van der Waals surface area contributed by atoms with Gasteiger partial charge in [0.25, 0.3) is 0 Å². The molecule has 0 bridgehead atoms. The fourth-order valence-corrected chi connectivity index (χ4v) is 1.55. The Kier molecular flexibility index (Phi) is 7.81. The number of ether oxygens (including phenoxy) is 2. The van der Waals surface area contributed by atoms with Crippen molar-refractivity contribution in [3.8, 4) is 0 Å². The van der Waals surface area contributed by atoms with Crippen LogP contribution in [0, 0.1) is 5.92 Å². The Bertz CT molecular complexity index is 225. The Morgan fingerprint density at radius 2 is 1.62 bits per heavy atom. The molecule has 0 aliphatic carbocycles. The van der Waals surface area contributed by atoms with E-state index in [2.05, 4.69) is 0 Å². The van der Waals surface area contributed by atoms with E-state index in [0.29, 0.717) is 26.1 Å². The van der Waals surface area contributed by atoms with E-state index >= 15 is 0 Å². The van der Waals surface area contributed by atoms with E-state index in [4.69, 9.17) is 9.47 Å². The summed E-state index contributed by atoms with van der Waals surface area (Å²) in [7, 11) is 0. The smallest absolute Gasteiger partial charge is 0.316 e. The molecule has 16 heavy (non-hydrogen) atoms. The van der Waals surface area contributed by atoms with Crippen LogP contribution < -0.4 is 0 Å². The molecule has 0 saturated carbocycles. The van der Waals surface area contributed by atoms with Crippen LogP contribution in [0.1, 0.15) is 40.5 Å². The molecule has 0 rings (SSSR count). The van der Waals surface area contributed by atoms with Crippen molar-refractivity contribution in [1.82, 2.24) is 0 Å². The second-order valence-electron chi connectivity index (χ2n) is 3.47. The van der Waals surface area contributed by atoms with Gasteiger partial charge in [-0.3, -0.25) is 9.59 Å². The van der Waals surface area contributed by atoms with Crippen LogP contribution in [0.25, 0.3) is 0 Å². The lowest BCUT2D eigenvalue weighted by atomic mass is 9.96. The minimum absolute atomic E-state index is 0.162. The molecule has 0 aliphatic heterocycles. The Morgan fingerprint density at radius 3 is 2.00 bits per heavy atom. The van der Waals surface area contributed by atoms with Gasteiger partial charge in [-0.1, -0.05) is 13.8 Å². The lowest BCUT2D eigenvalue weighted by molar-refractivity contribution is -0.155. The third-order valence-electron chi connectivity index (χ3n) is 2.38. The fourth-order valence-electron chi connectivity index (χ4n) is 1.55. The number of carbonyl (C=O) groups excluding carboxylic acids is 2. The van der Waals surface area contributed by atoms with Crippen molar-refractivity contribution in [3.05, 3.63) is 0 Å². The molecule has 0 aromatic rings. The fraction of sp³-hybridized carbons (Fsp3) is 0.833. The molecule has 0 amide bonds. The van der Waals surface area contributed by atoms with Crippen molar-refractivity contribution in [3.63, 3.8) is 0 Å². The standard InChI is InChI=1S/C12H22O4/c1-5-9(12(14)16-8-4)11(13)10(6-2)15-7-3/h9-10H,5-8H2,1-4H3. The Morgan fingerprint density at radius 1 is 1.00 bits per heavy atom. The van der Waals surface area contributed by atoms with E-state index < -0.39 is 18.0 Å². The second kappa shape index (κ2) is 8.28. The minimum Gasteiger partial charge on any atom is -0.465 e. The molecular weight excluding hydrogens is 208 g/mol. The average molecular weight is 230 g/mol. The van der Waals surface area contributed by atoms with Crippen LogP contribution >= 0.6 is 0 Å². The molecule has 0 spiro atoms. The average Bonchev–Trinajstić information content (AvgIpc) is 2.27. The van der Waals surface area contributed by atoms with Crippen molar-refractivity contribution in [2.75, 3.05) is 13.2 Å². The molecule has 0 fully saturated rings. The predicted molar refractivity (Wildman–Crippen MR) is 61.1 cm³/mol. The maximum atomic E-state index is 12.0. The second-order valence-corrected chi connectivity index (χ2v) is 3.47. The summed E-state index contributed by atoms with van der Waals surface area (Å²) in [6.07, 6.45) is 0.559. The minimum atomic E-state index is -0.684. The van der Waals surface area contributed by atoms with E-state index in [1.54, 1.807) is 13.8 Å². The van der Waals surface area contributed by atoms with E-state index in [1.165, 1.54) is 0 Å². The molecule has 94 valence electrons. The van der Waals surface area contributed by atoms with E-state index in [1.807, 2.05) is 13.8 Å². The van der Waals surface area contributed by atoms with Gasteiger partial charge in [0, 0.05) is 6.61 Å². The topological polar surface area (TPSA) is 52.6 Å². The first-order valence-corrected chi connectivity index (χ1v) is 5.94. The summed E-state index contributed by atoms with van der Waals surface area (Å²) in [4.78, 5) is 23.5. The molecule has 0 saturated heterocycles. The summed E-state index contributed by atoms with van der Waals surface area (Å²) < 4.78 is 10.2. The van der Waals surface area contributed by atoms with Gasteiger partial charge in [0.05, 0.1) is 6.61 Å². The first-order chi connectivity index (χ1) is 7.62. The van der Waals surface area contributed by atoms with Crippen LogP contribution in [-0.2, 0) is 19.1 Å². The molecule has 0 aromatic heterocycles. The summed E-state index contributed by atoms with van der Waals surface area (Å²) in [5.74, 6) is -1.28. The van der Waals surface area contributed by atoms with Crippen LogP contribution in [0.2, 0.25) is 0 Å². The highest BCUT2D eigenvalue weighted by Crippen LogP contribution is 2.13. The van der Waals surface area contributed by atoms with Gasteiger partial charge in [-0.05, 0) is 26.7 Å². The molecule has 2 unspecified atom stereocenters. The van der Waals surface area contributed by atoms with Gasteiger partial charge in [-0.25, -0.2) is 0 Å². The molecule has 0 aromatic carbocycles. The van der Waals surface area contributed by atoms with Crippen LogP contribution in [0.15, 0.2) is 0 Å². The van der Waals surface area contributed by atoms with Crippen LogP contribution in [-0.4, -0.2) is 31.1 Å². The monoisotopic (exact) mass is 230 g/mol. The summed E-state index contributed by atoms with van der Waals surface area (Å²) >= 11 is 0. The van der Waals surface area contributed by atoms with Crippen molar-refractivity contribution in [2.24, 2.45) is 5.92 Å². The highest BCUT2D eigenvalue weighted by Gasteiger charge is 2.31. The first-order valence-electron chi connectivity index (χ1n) is 5.94. The van der Waals surface area contributed by atoms with E-state index in [0.717, 1.165) is 0 Å². The number of hydrogen-bond donors (Lipinski definition) is 0. The zero-order valence-electron chi connectivity index (χ0n) is 10.6. The molecule has 0 heterocycles. The van der Waals surface area contributed by atoms with Gasteiger partial charge in [0.15, 0.2) is 5.78 Å². The van der Waals surface area contributed by atoms with Gasteiger partial charge >= 0.3 is 5.97 Å². The molecule has 4 nitrogen and oxygen atoms in total. The van der Waals surface area contributed by atoms with Crippen molar-refractivity contribution in [1.29, 1.82) is 0 Å². The third kappa shape index (κ3) is 4.31. The summed E-state index contributed by atoms with van der Waals surface area (Å²) in [6.45, 7) is 8.02. The number of rotatable bonds is 8. The number of esters is 1. The van der Waals surface area contributed by atoms with Gasteiger partial charge in [0.1, 0.15) is 12.0 Å². The molecule has 2 atom stereocenters. The first kappa shape index (κ1) is 15.1. The van der Waals surface area contributed by atoms with Crippen LogP contribution in [0.5, 0.6) is 0 Å². The van der Waals surface area contributed by atoms with E-state index in [-0.39, 0.29) is 5.78 Å². The number of hydrogen-bond acceptors (Lipinski definition) is 4. The lowest BCUT2D eigenvalue weighted by Gasteiger charge is -2.19. The highest BCUT2D eigenvalue weighted by atomic mass is 16.5. The largest absolute Gasteiger partial charge is 0.465 e. The van der Waals surface area contributed by atoms with Crippen LogP contribution in [0.3, 0.4) is 0 Å². The number of carbonyl (C=O) groups is 2. The van der Waals surface area contributed by atoms with Crippen LogP contribution in [0.4, 0.5) is 0 Å². The summed E-state index contributed by atoms with van der Waals surface area (Å²) in [5.41, 5.74) is 0. The molecule has 4 heteroatoms. The zero-order valence-corrected chi connectivity index (χ0v) is 10.6. The predicted octanol–water partition coefficient (Wildman–Crippen LogP) is 1.96. The third-order valence-corrected chi connectivity index (χ3v) is 2.38. The highest BCUT2D eigenvalue weighted by molar-refractivity contribution is 6.01. The normalized spacial score (nSPS) is 14.2. The summed E-state index contributed by atoms with van der Waals surface area (Å²) in [6, 6.07) is 0.